The van der Waals surface area contributed by atoms with Crippen molar-refractivity contribution in [3.05, 3.63) is 63.2 Å². The van der Waals surface area contributed by atoms with Gasteiger partial charge in [-0.2, -0.15) is 0 Å². The second-order valence-corrected chi connectivity index (χ2v) is 6.49. The molecular formula is C18H16ClN3O4. The summed E-state index contributed by atoms with van der Waals surface area (Å²) >= 11 is 6.12. The average Bonchev–Trinajstić information content (AvgIpc) is 2.99. The molecule has 26 heavy (non-hydrogen) atoms. The lowest BCUT2D eigenvalue weighted by Gasteiger charge is -2.19. The minimum atomic E-state index is -0.508. The lowest BCUT2D eigenvalue weighted by molar-refractivity contribution is -0.384. The van der Waals surface area contributed by atoms with E-state index in [1.807, 2.05) is 6.92 Å². The maximum atomic E-state index is 12.5. The number of nitro groups is 1. The van der Waals surface area contributed by atoms with Gasteiger partial charge in [-0.3, -0.25) is 19.7 Å². The van der Waals surface area contributed by atoms with Crippen LogP contribution in [0.4, 0.5) is 17.1 Å². The number of rotatable bonds is 4. The average molecular weight is 374 g/mol. The number of nitrogens with one attached hydrogen (secondary N) is 1. The van der Waals surface area contributed by atoms with Gasteiger partial charge in [-0.05, 0) is 36.8 Å². The van der Waals surface area contributed by atoms with Crippen molar-refractivity contribution in [1.82, 2.24) is 0 Å². The van der Waals surface area contributed by atoms with Crippen LogP contribution in [0.15, 0.2) is 42.5 Å². The van der Waals surface area contributed by atoms with Gasteiger partial charge in [0, 0.05) is 41.5 Å². The number of benzene rings is 2. The molecule has 0 saturated carbocycles. The van der Waals surface area contributed by atoms with Crippen molar-refractivity contribution in [2.24, 2.45) is 5.92 Å². The Balaban J connectivity index is 1.71. The van der Waals surface area contributed by atoms with E-state index in [1.165, 1.54) is 24.3 Å². The molecule has 2 aromatic rings. The molecule has 2 amide bonds. The Morgan fingerprint density at radius 1 is 1.27 bits per heavy atom. The smallest absolute Gasteiger partial charge is 0.269 e. The SMILES string of the molecule is Cc1c(Cl)cccc1N1C[C@@H](C(=O)Nc2ccc([N+](=O)[O-])cc2)CC1=O. The summed E-state index contributed by atoms with van der Waals surface area (Å²) in [5.74, 6) is -0.940. The normalized spacial score (nSPS) is 16.6. The lowest BCUT2D eigenvalue weighted by Crippen LogP contribution is -2.28. The maximum absolute atomic E-state index is 12.5. The van der Waals surface area contributed by atoms with Gasteiger partial charge in [0.25, 0.3) is 5.69 Å². The van der Waals surface area contributed by atoms with Gasteiger partial charge in [0.05, 0.1) is 10.8 Å². The topological polar surface area (TPSA) is 92.6 Å². The summed E-state index contributed by atoms with van der Waals surface area (Å²) < 4.78 is 0. The highest BCUT2D eigenvalue weighted by Crippen LogP contribution is 2.31. The minimum absolute atomic E-state index is 0.0540. The molecule has 0 bridgehead atoms. The maximum Gasteiger partial charge on any atom is 0.269 e. The van der Waals surface area contributed by atoms with Crippen molar-refractivity contribution < 1.29 is 14.5 Å². The Labute approximate surface area is 154 Å². The molecule has 0 aliphatic carbocycles. The lowest BCUT2D eigenvalue weighted by atomic mass is 10.1. The third-order valence-electron chi connectivity index (χ3n) is 4.37. The van der Waals surface area contributed by atoms with Crippen molar-refractivity contribution in [2.75, 3.05) is 16.8 Å². The van der Waals surface area contributed by atoms with Gasteiger partial charge in [-0.1, -0.05) is 17.7 Å². The number of non-ortho nitro benzene ring substituents is 1. The molecular weight excluding hydrogens is 358 g/mol. The number of carbonyl (C=O) groups excluding carboxylic acids is 2. The van der Waals surface area contributed by atoms with E-state index in [0.29, 0.717) is 16.4 Å². The molecule has 1 fully saturated rings. The molecule has 1 aliphatic rings. The van der Waals surface area contributed by atoms with E-state index >= 15 is 0 Å². The zero-order valence-electron chi connectivity index (χ0n) is 13.9. The number of hydrogen-bond donors (Lipinski definition) is 1. The predicted octanol–water partition coefficient (Wildman–Crippen LogP) is 3.55. The summed E-state index contributed by atoms with van der Waals surface area (Å²) in [7, 11) is 0. The standard InChI is InChI=1S/C18H16ClN3O4/c1-11-15(19)3-2-4-16(11)21-10-12(9-17(21)23)18(24)20-13-5-7-14(8-6-13)22(25)26/h2-8,12H,9-10H2,1H3,(H,20,24)/t12-/m0/s1. The van der Waals surface area contributed by atoms with E-state index in [9.17, 15) is 19.7 Å². The first-order valence-electron chi connectivity index (χ1n) is 7.97. The molecule has 1 N–H and O–H groups in total. The molecule has 0 aromatic heterocycles. The summed E-state index contributed by atoms with van der Waals surface area (Å²) in [6, 6.07) is 10.9. The Kier molecular flexibility index (Phi) is 4.90. The van der Waals surface area contributed by atoms with Crippen molar-refractivity contribution >= 4 is 40.5 Å². The molecule has 1 aliphatic heterocycles. The van der Waals surface area contributed by atoms with Crippen LogP contribution >= 0.6 is 11.6 Å². The van der Waals surface area contributed by atoms with Gasteiger partial charge in [0.2, 0.25) is 11.8 Å². The molecule has 0 radical (unpaired) electrons. The zero-order valence-corrected chi connectivity index (χ0v) is 14.7. The Hall–Kier alpha value is -2.93. The quantitative estimate of drug-likeness (QED) is 0.655. The number of halogens is 1. The van der Waals surface area contributed by atoms with Crippen LogP contribution in [0.1, 0.15) is 12.0 Å². The van der Waals surface area contributed by atoms with Gasteiger partial charge in [-0.15, -0.1) is 0 Å². The van der Waals surface area contributed by atoms with Gasteiger partial charge in [-0.25, -0.2) is 0 Å². The molecule has 134 valence electrons. The largest absolute Gasteiger partial charge is 0.326 e. The summed E-state index contributed by atoms with van der Waals surface area (Å²) in [6.07, 6.45) is 0.102. The number of nitrogens with zero attached hydrogens (tertiary/aromatic N) is 2. The first-order chi connectivity index (χ1) is 12.4. The third kappa shape index (κ3) is 3.52. The highest BCUT2D eigenvalue weighted by atomic mass is 35.5. The van der Waals surface area contributed by atoms with E-state index in [2.05, 4.69) is 5.32 Å². The van der Waals surface area contributed by atoms with Crippen LogP contribution in [0.5, 0.6) is 0 Å². The van der Waals surface area contributed by atoms with Crippen LogP contribution in [-0.2, 0) is 9.59 Å². The fraction of sp³-hybridized carbons (Fsp3) is 0.222. The van der Waals surface area contributed by atoms with Crippen molar-refractivity contribution in [3.63, 3.8) is 0 Å². The molecule has 2 aromatic carbocycles. The molecule has 1 heterocycles. The second kappa shape index (κ2) is 7.13. The zero-order chi connectivity index (χ0) is 18.8. The molecule has 0 unspecified atom stereocenters. The van der Waals surface area contributed by atoms with Crippen molar-refractivity contribution in [2.45, 2.75) is 13.3 Å². The van der Waals surface area contributed by atoms with Crippen molar-refractivity contribution in [1.29, 1.82) is 0 Å². The van der Waals surface area contributed by atoms with Gasteiger partial charge in [0.1, 0.15) is 0 Å². The monoisotopic (exact) mass is 373 g/mol. The minimum Gasteiger partial charge on any atom is -0.326 e. The molecule has 3 rings (SSSR count). The van der Waals surface area contributed by atoms with Crippen LogP contribution in [0.3, 0.4) is 0 Å². The van der Waals surface area contributed by atoms with Crippen molar-refractivity contribution in [3.8, 4) is 0 Å². The van der Waals surface area contributed by atoms with E-state index in [-0.39, 0.29) is 30.5 Å². The number of anilines is 2. The highest BCUT2D eigenvalue weighted by molar-refractivity contribution is 6.31. The fourth-order valence-corrected chi connectivity index (χ4v) is 3.08. The molecule has 7 nitrogen and oxygen atoms in total. The van der Waals surface area contributed by atoms with Crippen LogP contribution in [0.25, 0.3) is 0 Å². The number of hydrogen-bond acceptors (Lipinski definition) is 4. The summed E-state index contributed by atoms with van der Waals surface area (Å²) in [4.78, 5) is 36.5. The Morgan fingerprint density at radius 3 is 2.62 bits per heavy atom. The molecule has 1 saturated heterocycles. The van der Waals surface area contributed by atoms with E-state index in [0.717, 1.165) is 5.56 Å². The molecule has 1 atom stereocenters. The van der Waals surface area contributed by atoms with E-state index in [4.69, 9.17) is 11.6 Å². The molecule has 8 heteroatoms. The van der Waals surface area contributed by atoms with Gasteiger partial charge >= 0.3 is 0 Å². The fourth-order valence-electron chi connectivity index (χ4n) is 2.92. The first-order valence-corrected chi connectivity index (χ1v) is 8.35. The van der Waals surface area contributed by atoms with Crippen LogP contribution in [-0.4, -0.2) is 23.3 Å². The van der Waals surface area contributed by atoms with E-state index in [1.54, 1.807) is 23.1 Å². The summed E-state index contributed by atoms with van der Waals surface area (Å²) in [6.45, 7) is 2.09. The highest BCUT2D eigenvalue weighted by Gasteiger charge is 2.35. The summed E-state index contributed by atoms with van der Waals surface area (Å²) in [5.41, 5.74) is 1.89. The van der Waals surface area contributed by atoms with Crippen LogP contribution in [0.2, 0.25) is 5.02 Å². The number of nitro benzene ring substituents is 1. The van der Waals surface area contributed by atoms with Gasteiger partial charge in [0.15, 0.2) is 0 Å². The number of carbonyl (C=O) groups is 2. The Morgan fingerprint density at radius 2 is 1.96 bits per heavy atom. The Bertz CT molecular complexity index is 883. The van der Waals surface area contributed by atoms with Gasteiger partial charge < -0.3 is 10.2 Å². The first kappa shape index (κ1) is 17.9. The van der Waals surface area contributed by atoms with E-state index < -0.39 is 10.8 Å². The second-order valence-electron chi connectivity index (χ2n) is 6.08. The van der Waals surface area contributed by atoms with Crippen LogP contribution < -0.4 is 10.2 Å². The van der Waals surface area contributed by atoms with Crippen LogP contribution in [0, 0.1) is 23.0 Å². The predicted molar refractivity (Wildman–Crippen MR) is 98.4 cm³/mol. The summed E-state index contributed by atoms with van der Waals surface area (Å²) in [5, 5.41) is 13.9. The third-order valence-corrected chi connectivity index (χ3v) is 4.78. The number of amides is 2. The molecule has 0 spiro atoms.